The lowest BCUT2D eigenvalue weighted by Gasteiger charge is -2.28. The molecule has 2 aliphatic heterocycles. The van der Waals surface area contributed by atoms with E-state index in [0.29, 0.717) is 11.8 Å². The molecule has 3 unspecified atom stereocenters. The maximum absolute atomic E-state index is 12.0. The zero-order valence-corrected chi connectivity index (χ0v) is 9.85. The largest absolute Gasteiger partial charge is 0.329 e. The summed E-state index contributed by atoms with van der Waals surface area (Å²) in [6, 6.07) is 0.240. The van der Waals surface area contributed by atoms with Crippen LogP contribution in [-0.4, -0.2) is 48.1 Å². The minimum Gasteiger partial charge on any atom is -0.329 e. The van der Waals surface area contributed by atoms with Crippen molar-refractivity contribution in [3.8, 4) is 0 Å². The SMILES string of the molecule is CC(CN)S(=O)(=O)N1CC2CC1CS2. The highest BCUT2D eigenvalue weighted by Crippen LogP contribution is 2.39. The molecule has 6 heteroatoms. The third-order valence-electron chi connectivity index (χ3n) is 3.02. The highest BCUT2D eigenvalue weighted by atomic mass is 32.2. The van der Waals surface area contributed by atoms with Gasteiger partial charge in [-0.25, -0.2) is 8.42 Å². The number of rotatable bonds is 3. The first kappa shape index (κ1) is 10.7. The third-order valence-corrected chi connectivity index (χ3v) is 6.72. The van der Waals surface area contributed by atoms with E-state index in [0.717, 1.165) is 12.2 Å². The normalized spacial score (nSPS) is 35.0. The van der Waals surface area contributed by atoms with Crippen LogP contribution in [-0.2, 0) is 10.0 Å². The molecule has 2 fully saturated rings. The van der Waals surface area contributed by atoms with Gasteiger partial charge in [0, 0.05) is 30.1 Å². The van der Waals surface area contributed by atoms with Crippen LogP contribution in [0.4, 0.5) is 0 Å². The van der Waals surface area contributed by atoms with Crippen LogP contribution in [0.25, 0.3) is 0 Å². The van der Waals surface area contributed by atoms with E-state index in [9.17, 15) is 8.42 Å². The Morgan fingerprint density at radius 3 is 2.79 bits per heavy atom. The monoisotopic (exact) mass is 236 g/mol. The summed E-state index contributed by atoms with van der Waals surface area (Å²) in [4.78, 5) is 0. The Kier molecular flexibility index (Phi) is 2.81. The van der Waals surface area contributed by atoms with Crippen LogP contribution in [0, 0.1) is 0 Å². The molecule has 2 saturated heterocycles. The van der Waals surface area contributed by atoms with Crippen molar-refractivity contribution in [2.24, 2.45) is 5.73 Å². The highest BCUT2D eigenvalue weighted by Gasteiger charge is 2.45. The van der Waals surface area contributed by atoms with E-state index in [1.54, 1.807) is 11.2 Å². The van der Waals surface area contributed by atoms with E-state index in [1.807, 2.05) is 11.8 Å². The van der Waals surface area contributed by atoms with Crippen LogP contribution < -0.4 is 5.73 Å². The molecular weight excluding hydrogens is 220 g/mol. The first-order valence-corrected chi connectivity index (χ1v) is 7.43. The average Bonchev–Trinajstić information content (AvgIpc) is 2.77. The van der Waals surface area contributed by atoms with E-state index in [-0.39, 0.29) is 12.6 Å². The maximum atomic E-state index is 12.0. The van der Waals surface area contributed by atoms with Gasteiger partial charge in [0.15, 0.2) is 0 Å². The lowest BCUT2D eigenvalue weighted by atomic mass is 10.3. The first-order valence-electron chi connectivity index (χ1n) is 4.88. The molecule has 3 atom stereocenters. The molecule has 82 valence electrons. The molecule has 0 aromatic rings. The van der Waals surface area contributed by atoms with Crippen LogP contribution in [0.15, 0.2) is 0 Å². The van der Waals surface area contributed by atoms with Crippen LogP contribution in [0.2, 0.25) is 0 Å². The van der Waals surface area contributed by atoms with E-state index in [2.05, 4.69) is 0 Å². The van der Waals surface area contributed by atoms with Gasteiger partial charge in [-0.2, -0.15) is 16.1 Å². The zero-order chi connectivity index (χ0) is 10.3. The Morgan fingerprint density at radius 2 is 2.36 bits per heavy atom. The van der Waals surface area contributed by atoms with E-state index in [1.165, 1.54) is 0 Å². The van der Waals surface area contributed by atoms with Gasteiger partial charge in [-0.05, 0) is 13.3 Å². The number of fused-ring (bicyclic) bond motifs is 2. The van der Waals surface area contributed by atoms with Gasteiger partial charge in [0.1, 0.15) is 0 Å². The van der Waals surface area contributed by atoms with Crippen LogP contribution >= 0.6 is 11.8 Å². The molecule has 0 saturated carbocycles. The summed E-state index contributed by atoms with van der Waals surface area (Å²) in [5.74, 6) is 0.960. The number of hydrogen-bond acceptors (Lipinski definition) is 4. The van der Waals surface area contributed by atoms with E-state index in [4.69, 9.17) is 5.73 Å². The zero-order valence-electron chi connectivity index (χ0n) is 8.22. The predicted octanol–water partition coefficient (Wildman–Crippen LogP) is -0.147. The Bertz CT molecular complexity index is 317. The number of sulfonamides is 1. The second-order valence-electron chi connectivity index (χ2n) is 4.01. The minimum atomic E-state index is -3.12. The van der Waals surface area contributed by atoms with Crippen molar-refractivity contribution in [2.75, 3.05) is 18.8 Å². The summed E-state index contributed by atoms with van der Waals surface area (Å²) in [5, 5.41) is 0.0894. The maximum Gasteiger partial charge on any atom is 0.218 e. The minimum absolute atomic E-state index is 0.212. The van der Waals surface area contributed by atoms with Crippen LogP contribution in [0.5, 0.6) is 0 Å². The number of hydrogen-bond donors (Lipinski definition) is 1. The molecular formula is C8H16N2O2S2. The Morgan fingerprint density at radius 1 is 1.64 bits per heavy atom. The van der Waals surface area contributed by atoms with Gasteiger partial charge < -0.3 is 5.73 Å². The molecule has 0 aromatic heterocycles. The van der Waals surface area contributed by atoms with Gasteiger partial charge in [0.25, 0.3) is 0 Å². The fraction of sp³-hybridized carbons (Fsp3) is 1.00. The predicted molar refractivity (Wildman–Crippen MR) is 58.8 cm³/mol. The van der Waals surface area contributed by atoms with Crippen molar-refractivity contribution in [3.05, 3.63) is 0 Å². The summed E-state index contributed by atoms with van der Waals surface area (Å²) in [6.45, 7) is 2.60. The lowest BCUT2D eigenvalue weighted by molar-refractivity contribution is 0.403. The van der Waals surface area contributed by atoms with Crippen molar-refractivity contribution in [3.63, 3.8) is 0 Å². The molecule has 0 aliphatic carbocycles. The quantitative estimate of drug-likeness (QED) is 0.740. The van der Waals surface area contributed by atoms with Gasteiger partial charge in [-0.15, -0.1) is 0 Å². The summed E-state index contributed by atoms with van der Waals surface area (Å²) in [5.41, 5.74) is 5.41. The van der Waals surface area contributed by atoms with Crippen LogP contribution in [0.1, 0.15) is 13.3 Å². The molecule has 2 rings (SSSR count). The van der Waals surface area contributed by atoms with Crippen molar-refractivity contribution in [1.29, 1.82) is 0 Å². The molecule has 2 aliphatic rings. The lowest BCUT2D eigenvalue weighted by Crippen LogP contribution is -2.45. The third kappa shape index (κ3) is 1.58. The molecule has 2 bridgehead atoms. The van der Waals surface area contributed by atoms with Crippen molar-refractivity contribution in [2.45, 2.75) is 29.9 Å². The highest BCUT2D eigenvalue weighted by molar-refractivity contribution is 8.00. The molecule has 0 spiro atoms. The second kappa shape index (κ2) is 3.66. The van der Waals surface area contributed by atoms with E-state index >= 15 is 0 Å². The summed E-state index contributed by atoms with van der Waals surface area (Å²) in [7, 11) is -3.12. The fourth-order valence-electron chi connectivity index (χ4n) is 2.03. The average molecular weight is 236 g/mol. The van der Waals surface area contributed by atoms with Gasteiger partial charge >= 0.3 is 0 Å². The molecule has 4 nitrogen and oxygen atoms in total. The van der Waals surface area contributed by atoms with E-state index < -0.39 is 15.3 Å². The first-order chi connectivity index (χ1) is 6.55. The molecule has 0 aromatic carbocycles. The molecule has 14 heavy (non-hydrogen) atoms. The smallest absolute Gasteiger partial charge is 0.218 e. The van der Waals surface area contributed by atoms with Crippen molar-refractivity contribution >= 4 is 21.8 Å². The fourth-order valence-corrected chi connectivity index (χ4v) is 5.32. The summed E-state index contributed by atoms with van der Waals surface area (Å²) < 4.78 is 25.7. The molecule has 2 heterocycles. The molecule has 0 radical (unpaired) electrons. The Balaban J connectivity index is 2.16. The Labute approximate surface area is 89.3 Å². The standard InChI is InChI=1S/C8H16N2O2S2/c1-6(3-9)14(11,12)10-4-8-2-7(10)5-13-8/h6-8H,2-5,9H2,1H3. The van der Waals surface area contributed by atoms with Crippen LogP contribution in [0.3, 0.4) is 0 Å². The number of nitrogens with zero attached hydrogens (tertiary/aromatic N) is 1. The second-order valence-corrected chi connectivity index (χ2v) is 7.64. The van der Waals surface area contributed by atoms with Gasteiger partial charge in [0.05, 0.1) is 5.25 Å². The van der Waals surface area contributed by atoms with Gasteiger partial charge in [-0.1, -0.05) is 0 Å². The number of nitrogens with two attached hydrogens (primary N) is 1. The molecule has 0 amide bonds. The topological polar surface area (TPSA) is 63.4 Å². The Hall–Kier alpha value is 0.220. The van der Waals surface area contributed by atoms with Crippen molar-refractivity contribution in [1.82, 2.24) is 4.31 Å². The molecule has 2 N–H and O–H groups in total. The van der Waals surface area contributed by atoms with Gasteiger partial charge in [0.2, 0.25) is 10.0 Å². The summed E-state index contributed by atoms with van der Waals surface area (Å²) in [6.07, 6.45) is 1.03. The number of thioether (sulfide) groups is 1. The van der Waals surface area contributed by atoms with Crippen molar-refractivity contribution < 1.29 is 8.42 Å². The summed E-state index contributed by atoms with van der Waals surface area (Å²) >= 11 is 1.89. The van der Waals surface area contributed by atoms with Gasteiger partial charge in [-0.3, -0.25) is 0 Å².